The molecule has 1 unspecified atom stereocenters. The normalized spacial score (nSPS) is 21.1. The third-order valence-corrected chi connectivity index (χ3v) is 8.83. The van der Waals surface area contributed by atoms with Crippen LogP contribution in [0.4, 0.5) is 0 Å². The molecular formula is C34H40N4O2. The number of allylic oxidation sites excluding steroid dienone is 3. The largest absolute Gasteiger partial charge is 0.508 e. The highest BCUT2D eigenvalue weighted by Gasteiger charge is 2.43. The second-order valence-corrected chi connectivity index (χ2v) is 11.4. The van der Waals surface area contributed by atoms with Crippen LogP contribution in [0.1, 0.15) is 61.0 Å². The number of carbonyl (C=O) groups is 1. The lowest BCUT2D eigenvalue weighted by Gasteiger charge is -2.35. The highest BCUT2D eigenvalue weighted by atomic mass is 16.3. The maximum Gasteiger partial charge on any atom is 0.220 e. The third-order valence-electron chi connectivity index (χ3n) is 8.83. The van der Waals surface area contributed by atoms with Gasteiger partial charge in [-0.2, -0.15) is 5.10 Å². The average molecular weight is 537 g/mol. The maximum absolute atomic E-state index is 13.2. The van der Waals surface area contributed by atoms with E-state index in [-0.39, 0.29) is 23.1 Å². The summed E-state index contributed by atoms with van der Waals surface area (Å²) in [6.07, 6.45) is 13.1. The summed E-state index contributed by atoms with van der Waals surface area (Å²) in [5.74, 6) is 0.654. The quantitative estimate of drug-likeness (QED) is 0.268. The number of phenols is 1. The van der Waals surface area contributed by atoms with Crippen molar-refractivity contribution in [2.24, 2.45) is 11.3 Å². The highest BCUT2D eigenvalue weighted by Crippen LogP contribution is 2.52. The monoisotopic (exact) mass is 536 g/mol. The molecule has 2 aromatic carbocycles. The van der Waals surface area contributed by atoms with Gasteiger partial charge in [0.05, 0.1) is 17.9 Å². The molecule has 5 rings (SSSR count). The van der Waals surface area contributed by atoms with Crippen molar-refractivity contribution in [3.05, 3.63) is 114 Å². The number of phenolic OH excluding ortho intramolecular Hbond substituents is 1. The third kappa shape index (κ3) is 6.06. The molecule has 0 spiro atoms. The lowest BCUT2D eigenvalue weighted by molar-refractivity contribution is -0.122. The number of nitrogens with one attached hydrogen (secondary N) is 2. The summed E-state index contributed by atoms with van der Waals surface area (Å²) in [5, 5.41) is 20.9. The Morgan fingerprint density at radius 3 is 2.73 bits per heavy atom. The number of aromatic hydroxyl groups is 1. The van der Waals surface area contributed by atoms with Gasteiger partial charge in [-0.05, 0) is 85.3 Å². The molecule has 40 heavy (non-hydrogen) atoms. The first-order valence-electron chi connectivity index (χ1n) is 14.3. The molecule has 0 saturated heterocycles. The van der Waals surface area contributed by atoms with Crippen molar-refractivity contribution in [2.45, 2.75) is 58.4 Å². The Balaban J connectivity index is 1.32. The predicted octanol–water partition coefficient (Wildman–Crippen LogP) is 6.25. The van der Waals surface area contributed by atoms with Crippen molar-refractivity contribution in [2.75, 3.05) is 6.54 Å². The van der Waals surface area contributed by atoms with Gasteiger partial charge in [0, 0.05) is 24.9 Å². The van der Waals surface area contributed by atoms with Gasteiger partial charge in [0.2, 0.25) is 5.91 Å². The van der Waals surface area contributed by atoms with Crippen LogP contribution in [0.15, 0.2) is 91.3 Å². The van der Waals surface area contributed by atoms with E-state index in [0.717, 1.165) is 54.7 Å². The fourth-order valence-corrected chi connectivity index (χ4v) is 6.19. The molecule has 6 nitrogen and oxygen atoms in total. The zero-order valence-corrected chi connectivity index (χ0v) is 23.6. The van der Waals surface area contributed by atoms with E-state index in [0.29, 0.717) is 18.8 Å². The van der Waals surface area contributed by atoms with Crippen LogP contribution >= 0.6 is 0 Å². The van der Waals surface area contributed by atoms with Gasteiger partial charge >= 0.3 is 0 Å². The van der Waals surface area contributed by atoms with Gasteiger partial charge in [-0.25, -0.2) is 4.68 Å². The van der Waals surface area contributed by atoms with Crippen LogP contribution < -0.4 is 10.6 Å². The number of carbonyl (C=O) groups excluding carboxylic acids is 1. The van der Waals surface area contributed by atoms with Crippen molar-refractivity contribution in [1.29, 1.82) is 0 Å². The van der Waals surface area contributed by atoms with E-state index >= 15 is 0 Å². The first-order chi connectivity index (χ1) is 19.3. The first kappa shape index (κ1) is 27.5. The van der Waals surface area contributed by atoms with Crippen molar-refractivity contribution >= 4 is 11.6 Å². The van der Waals surface area contributed by atoms with Gasteiger partial charge in [0.1, 0.15) is 5.75 Å². The average Bonchev–Trinajstić information content (AvgIpc) is 3.47. The number of hydrogen-bond acceptors (Lipinski definition) is 4. The molecule has 3 atom stereocenters. The number of dihydropyridines is 1. The summed E-state index contributed by atoms with van der Waals surface area (Å²) >= 11 is 0. The van der Waals surface area contributed by atoms with Crippen molar-refractivity contribution in [1.82, 2.24) is 20.4 Å². The topological polar surface area (TPSA) is 79.2 Å². The van der Waals surface area contributed by atoms with E-state index < -0.39 is 0 Å². The minimum absolute atomic E-state index is 0.0417. The zero-order chi connectivity index (χ0) is 28.1. The van der Waals surface area contributed by atoms with Gasteiger partial charge in [0.15, 0.2) is 0 Å². The van der Waals surface area contributed by atoms with E-state index in [1.165, 1.54) is 11.1 Å². The van der Waals surface area contributed by atoms with Gasteiger partial charge in [-0.1, -0.05) is 67.6 Å². The smallest absolute Gasteiger partial charge is 0.220 e. The van der Waals surface area contributed by atoms with Crippen molar-refractivity contribution in [3.63, 3.8) is 0 Å². The van der Waals surface area contributed by atoms with Crippen LogP contribution in [0.2, 0.25) is 0 Å². The molecule has 3 N–H and O–H groups in total. The van der Waals surface area contributed by atoms with Crippen molar-refractivity contribution < 1.29 is 9.90 Å². The standard InChI is InChI=1S/C34H40N4O2/c1-24-11-15-29(34(24,3)21-28-22-36-38(25(28)2)30-10-7-19-35-23-30)20-32(27-8-5-4-6-9-27)37-33(40)18-14-26-12-16-31(39)17-13-26/h4-10,12-13,16-17,22-23,29,32,35,39H,1,11,14-15,18-21H2,2-3H3,(H,37,40)/t29-,32?,34+/m1/s1. The van der Waals surface area contributed by atoms with Gasteiger partial charge in [-0.15, -0.1) is 0 Å². The van der Waals surface area contributed by atoms with E-state index in [9.17, 15) is 9.90 Å². The van der Waals surface area contributed by atoms with E-state index in [1.807, 2.05) is 47.4 Å². The minimum atomic E-state index is -0.0859. The van der Waals surface area contributed by atoms with Crippen LogP contribution in [-0.4, -0.2) is 27.3 Å². The lowest BCUT2D eigenvalue weighted by Crippen LogP contribution is -2.34. The number of rotatable bonds is 10. The Kier molecular flexibility index (Phi) is 8.24. The summed E-state index contributed by atoms with van der Waals surface area (Å²) in [5.41, 5.74) is 6.81. The molecule has 1 aromatic heterocycles. The fourth-order valence-electron chi connectivity index (χ4n) is 6.19. The minimum Gasteiger partial charge on any atom is -0.508 e. The van der Waals surface area contributed by atoms with Crippen LogP contribution in [0, 0.1) is 18.3 Å². The van der Waals surface area contributed by atoms with Crippen LogP contribution in [0.5, 0.6) is 5.75 Å². The first-order valence-corrected chi connectivity index (χ1v) is 14.3. The molecule has 1 fully saturated rings. The molecule has 1 aliphatic carbocycles. The molecule has 0 radical (unpaired) electrons. The van der Waals surface area contributed by atoms with Gasteiger partial charge in [-0.3, -0.25) is 4.79 Å². The summed E-state index contributed by atoms with van der Waals surface area (Å²) in [6, 6.07) is 17.3. The molecular weight excluding hydrogens is 496 g/mol. The molecule has 3 aromatic rings. The predicted molar refractivity (Wildman–Crippen MR) is 160 cm³/mol. The van der Waals surface area contributed by atoms with E-state index in [4.69, 9.17) is 5.10 Å². The van der Waals surface area contributed by atoms with Crippen LogP contribution in [-0.2, 0) is 17.6 Å². The summed E-state index contributed by atoms with van der Waals surface area (Å²) in [6.45, 7) is 9.85. The molecule has 1 amide bonds. The molecule has 208 valence electrons. The van der Waals surface area contributed by atoms with Gasteiger partial charge in [0.25, 0.3) is 0 Å². The Labute approximate surface area is 237 Å². The summed E-state index contributed by atoms with van der Waals surface area (Å²) in [4.78, 5) is 13.2. The molecule has 0 bridgehead atoms. The van der Waals surface area contributed by atoms with Crippen molar-refractivity contribution in [3.8, 4) is 5.75 Å². The number of aromatic nitrogens is 2. The van der Waals surface area contributed by atoms with E-state index in [1.54, 1.807) is 12.1 Å². The lowest BCUT2D eigenvalue weighted by atomic mass is 9.70. The molecule has 1 aliphatic heterocycles. The Bertz CT molecular complexity index is 1400. The fraction of sp³-hybridized carbons (Fsp3) is 0.353. The van der Waals surface area contributed by atoms with Crippen LogP contribution in [0.3, 0.4) is 0 Å². The maximum atomic E-state index is 13.2. The summed E-state index contributed by atoms with van der Waals surface area (Å²) in [7, 11) is 0. The number of benzene rings is 2. The molecule has 2 heterocycles. The number of aryl methyl sites for hydroxylation is 1. The second-order valence-electron chi connectivity index (χ2n) is 11.4. The number of nitrogens with zero attached hydrogens (tertiary/aromatic N) is 2. The van der Waals surface area contributed by atoms with E-state index in [2.05, 4.69) is 55.3 Å². The zero-order valence-electron chi connectivity index (χ0n) is 23.6. The Morgan fingerprint density at radius 1 is 1.23 bits per heavy atom. The van der Waals surface area contributed by atoms with Crippen LogP contribution in [0.25, 0.3) is 5.70 Å². The SMILES string of the molecule is C=C1CC[C@H](CC(NC(=O)CCc2ccc(O)cc2)c2ccccc2)[C@@]1(C)Cc1cnn(C2=CNCC=C2)c1C. The molecule has 1 saturated carbocycles. The number of amides is 1. The Hall–Kier alpha value is -4.06. The molecule has 2 aliphatic rings. The Morgan fingerprint density at radius 2 is 2.00 bits per heavy atom. The number of hydrogen-bond donors (Lipinski definition) is 3. The second kappa shape index (κ2) is 12.0. The summed E-state index contributed by atoms with van der Waals surface area (Å²) < 4.78 is 2.01. The van der Waals surface area contributed by atoms with Gasteiger partial charge < -0.3 is 15.7 Å². The molecule has 6 heteroatoms. The highest BCUT2D eigenvalue weighted by molar-refractivity contribution is 5.76.